The number of benzene rings is 1. The molecule has 0 bridgehead atoms. The summed E-state index contributed by atoms with van der Waals surface area (Å²) in [6.45, 7) is 6.23. The van der Waals surface area contributed by atoms with Gasteiger partial charge in [0.15, 0.2) is 5.78 Å². The molecule has 0 spiro atoms. The van der Waals surface area contributed by atoms with Crippen LogP contribution in [0.5, 0.6) is 0 Å². The molecule has 3 amide bonds. The predicted octanol–water partition coefficient (Wildman–Crippen LogP) is 7.87. The highest BCUT2D eigenvalue weighted by Crippen LogP contribution is 2.16. The van der Waals surface area contributed by atoms with Crippen LogP contribution in [0.1, 0.15) is 153 Å². The number of likely N-dealkylation sites (tertiary alicyclic amines) is 1. The van der Waals surface area contributed by atoms with Gasteiger partial charge in [-0.05, 0) is 32.4 Å². The number of unbranched alkanes of at least 4 members (excludes halogenated alkanes) is 16. The van der Waals surface area contributed by atoms with Crippen LogP contribution in [0.4, 0.5) is 0 Å². The van der Waals surface area contributed by atoms with E-state index in [-0.39, 0.29) is 43.5 Å². The summed E-state index contributed by atoms with van der Waals surface area (Å²) in [4.78, 5) is 54.8. The van der Waals surface area contributed by atoms with E-state index in [1.807, 2.05) is 6.07 Å². The largest absolute Gasteiger partial charge is 0.343 e. The van der Waals surface area contributed by atoms with Crippen LogP contribution in [0, 0.1) is 0 Å². The summed E-state index contributed by atoms with van der Waals surface area (Å²) in [5, 5.41) is 2.90. The van der Waals surface area contributed by atoms with Gasteiger partial charge >= 0.3 is 0 Å². The van der Waals surface area contributed by atoms with Crippen LogP contribution in [0.15, 0.2) is 30.3 Å². The van der Waals surface area contributed by atoms with E-state index in [1.165, 1.54) is 103 Å². The molecule has 1 saturated heterocycles. The Morgan fingerprint density at radius 1 is 0.727 bits per heavy atom. The van der Waals surface area contributed by atoms with Crippen molar-refractivity contribution in [1.29, 1.82) is 0 Å². The van der Waals surface area contributed by atoms with Crippen molar-refractivity contribution in [3.05, 3.63) is 35.9 Å². The van der Waals surface area contributed by atoms with Gasteiger partial charge in [-0.15, -0.1) is 0 Å². The molecule has 1 atom stereocenters. The smallest absolute Gasteiger partial charge is 0.252 e. The van der Waals surface area contributed by atoms with Crippen molar-refractivity contribution in [3.8, 4) is 0 Å². The first-order valence-corrected chi connectivity index (χ1v) is 17.9. The number of imide groups is 1. The quantitative estimate of drug-likeness (QED) is 0.0655. The number of nitrogens with zero attached hydrogens (tertiary/aromatic N) is 2. The Morgan fingerprint density at radius 2 is 1.20 bits per heavy atom. The Bertz CT molecular complexity index is 929. The molecule has 1 unspecified atom stereocenters. The molecule has 2 rings (SSSR count). The molecule has 1 aromatic rings. The van der Waals surface area contributed by atoms with Crippen molar-refractivity contribution < 1.29 is 19.2 Å². The minimum absolute atomic E-state index is 0.138. The molecule has 1 heterocycles. The molecule has 1 aliphatic rings. The molecule has 0 aromatic heterocycles. The van der Waals surface area contributed by atoms with E-state index in [9.17, 15) is 19.2 Å². The van der Waals surface area contributed by atoms with Crippen molar-refractivity contribution in [2.24, 2.45) is 0 Å². The SMILES string of the molecule is CCCCCCCCCCCN(CCCCCCCCCCC)CC(=O)NC1CCC(=O)N(CC(=O)c2ccccc2)C1=O. The number of piperidine rings is 1. The fraction of sp³-hybridized carbons (Fsp3) is 0.730. The van der Waals surface area contributed by atoms with Crippen molar-refractivity contribution in [2.75, 3.05) is 26.2 Å². The first-order chi connectivity index (χ1) is 21.5. The van der Waals surface area contributed by atoms with Gasteiger partial charge in [0.25, 0.3) is 5.91 Å². The zero-order valence-corrected chi connectivity index (χ0v) is 28.0. The minimum atomic E-state index is -0.772. The number of rotatable bonds is 26. The topological polar surface area (TPSA) is 86.8 Å². The van der Waals surface area contributed by atoms with E-state index in [2.05, 4.69) is 24.1 Å². The molecular formula is C37H61N3O4. The third kappa shape index (κ3) is 16.0. The van der Waals surface area contributed by atoms with Crippen molar-refractivity contribution in [3.63, 3.8) is 0 Å². The van der Waals surface area contributed by atoms with Crippen molar-refractivity contribution >= 4 is 23.5 Å². The Hall–Kier alpha value is -2.54. The van der Waals surface area contributed by atoms with Gasteiger partial charge in [-0.1, -0.05) is 147 Å². The van der Waals surface area contributed by atoms with Gasteiger partial charge in [-0.2, -0.15) is 0 Å². The zero-order valence-electron chi connectivity index (χ0n) is 28.0. The van der Waals surface area contributed by atoms with Gasteiger partial charge in [0.05, 0.1) is 13.1 Å². The summed E-state index contributed by atoms with van der Waals surface area (Å²) in [6.07, 6.45) is 23.2. The Balaban J connectivity index is 1.81. The van der Waals surface area contributed by atoms with Crippen LogP contribution < -0.4 is 5.32 Å². The van der Waals surface area contributed by atoms with Gasteiger partial charge in [-0.3, -0.25) is 29.0 Å². The van der Waals surface area contributed by atoms with Crippen LogP contribution in [-0.4, -0.2) is 65.5 Å². The lowest BCUT2D eigenvalue weighted by atomic mass is 10.0. The van der Waals surface area contributed by atoms with Crippen LogP contribution in [0.25, 0.3) is 0 Å². The third-order valence-corrected chi connectivity index (χ3v) is 8.77. The number of carbonyl (C=O) groups is 4. The number of hydrogen-bond donors (Lipinski definition) is 1. The molecule has 0 aliphatic carbocycles. The number of ketones is 1. The average Bonchev–Trinajstić information content (AvgIpc) is 3.03. The monoisotopic (exact) mass is 611 g/mol. The molecule has 7 heteroatoms. The molecule has 1 aromatic carbocycles. The lowest BCUT2D eigenvalue weighted by Crippen LogP contribution is -2.56. The number of amides is 3. The van der Waals surface area contributed by atoms with Crippen LogP contribution in [0.2, 0.25) is 0 Å². The molecule has 0 radical (unpaired) electrons. The summed E-state index contributed by atoms with van der Waals surface area (Å²) in [5.74, 6) is -1.31. The van der Waals surface area contributed by atoms with Crippen molar-refractivity contribution in [1.82, 2.24) is 15.1 Å². The molecule has 1 N–H and O–H groups in total. The number of hydrogen-bond acceptors (Lipinski definition) is 5. The predicted molar refractivity (Wildman–Crippen MR) is 180 cm³/mol. The summed E-state index contributed by atoms with van der Waals surface area (Å²) in [5.41, 5.74) is 0.461. The minimum Gasteiger partial charge on any atom is -0.343 e. The maximum atomic E-state index is 13.2. The van der Waals surface area contributed by atoms with E-state index >= 15 is 0 Å². The molecule has 1 aliphatic heterocycles. The number of Topliss-reactive ketones (excluding diaryl/α,β-unsaturated/α-hetero) is 1. The van der Waals surface area contributed by atoms with Gasteiger partial charge in [-0.25, -0.2) is 0 Å². The fourth-order valence-electron chi connectivity index (χ4n) is 6.00. The Labute approximate surface area is 267 Å². The van der Waals surface area contributed by atoms with Gasteiger partial charge in [0.2, 0.25) is 11.8 Å². The van der Waals surface area contributed by atoms with Crippen LogP contribution in [0.3, 0.4) is 0 Å². The van der Waals surface area contributed by atoms with Crippen molar-refractivity contribution in [2.45, 2.75) is 148 Å². The van der Waals surface area contributed by atoms with Gasteiger partial charge in [0.1, 0.15) is 6.04 Å². The first-order valence-electron chi connectivity index (χ1n) is 17.9. The molecule has 1 fully saturated rings. The summed E-state index contributed by atoms with van der Waals surface area (Å²) in [6, 6.07) is 7.91. The fourth-order valence-corrected chi connectivity index (χ4v) is 6.00. The average molecular weight is 612 g/mol. The normalized spacial score (nSPS) is 15.2. The first kappa shape index (κ1) is 37.6. The lowest BCUT2D eigenvalue weighted by Gasteiger charge is -2.31. The second kappa shape index (κ2) is 23.8. The number of carbonyl (C=O) groups excluding carboxylic acids is 4. The molecule has 44 heavy (non-hydrogen) atoms. The third-order valence-electron chi connectivity index (χ3n) is 8.77. The second-order valence-electron chi connectivity index (χ2n) is 12.7. The number of nitrogens with one attached hydrogen (secondary N) is 1. The highest BCUT2D eigenvalue weighted by molar-refractivity contribution is 6.07. The van der Waals surface area contributed by atoms with Crippen LogP contribution in [-0.2, 0) is 14.4 Å². The maximum absolute atomic E-state index is 13.2. The summed E-state index contributed by atoms with van der Waals surface area (Å²) in [7, 11) is 0. The van der Waals surface area contributed by atoms with E-state index in [4.69, 9.17) is 0 Å². The van der Waals surface area contributed by atoms with Gasteiger partial charge < -0.3 is 5.32 Å². The Morgan fingerprint density at radius 3 is 1.70 bits per heavy atom. The Kier molecular flexibility index (Phi) is 20.4. The maximum Gasteiger partial charge on any atom is 0.252 e. The van der Waals surface area contributed by atoms with Crippen LogP contribution >= 0.6 is 0 Å². The summed E-state index contributed by atoms with van der Waals surface area (Å²) >= 11 is 0. The van der Waals surface area contributed by atoms with E-state index in [0.717, 1.165) is 30.8 Å². The zero-order chi connectivity index (χ0) is 31.8. The molecular weight excluding hydrogens is 550 g/mol. The second-order valence-corrected chi connectivity index (χ2v) is 12.7. The van der Waals surface area contributed by atoms with Gasteiger partial charge in [0, 0.05) is 12.0 Å². The molecule has 7 nitrogen and oxygen atoms in total. The summed E-state index contributed by atoms with van der Waals surface area (Å²) < 4.78 is 0. The van der Waals surface area contributed by atoms with E-state index < -0.39 is 11.9 Å². The van der Waals surface area contributed by atoms with E-state index in [1.54, 1.807) is 24.3 Å². The molecule has 248 valence electrons. The molecule has 0 saturated carbocycles. The standard InChI is InChI=1S/C37H61N3O4/c1-3-5-7-9-11-13-15-17-22-28-39(29-23-18-16-14-12-10-8-6-4-2)31-35(42)38-33-26-27-36(43)40(37(33)44)30-34(41)32-24-20-19-21-25-32/h19-21,24-25,33H,3-18,22-23,26-31H2,1-2H3,(H,38,42). The highest BCUT2D eigenvalue weighted by Gasteiger charge is 2.36. The highest BCUT2D eigenvalue weighted by atomic mass is 16.2. The lowest BCUT2D eigenvalue weighted by molar-refractivity contribution is -0.150. The van der Waals surface area contributed by atoms with E-state index in [0.29, 0.717) is 5.56 Å².